The van der Waals surface area contributed by atoms with Crippen molar-refractivity contribution in [2.75, 3.05) is 31.5 Å². The molecule has 160 valence electrons. The number of hydrogen-bond donors (Lipinski definition) is 2. The number of nitriles is 1. The molecule has 0 saturated carbocycles. The normalized spacial score (nSPS) is 20.0. The zero-order chi connectivity index (χ0) is 21.5. The number of rotatable bonds is 4. The number of carbonyl (C=O) groups is 2. The minimum Gasteiger partial charge on any atom is -0.341 e. The first-order valence-corrected chi connectivity index (χ1v) is 9.99. The summed E-state index contributed by atoms with van der Waals surface area (Å²) in [6, 6.07) is 2.13. The summed E-state index contributed by atoms with van der Waals surface area (Å²) >= 11 is 0. The second-order valence-corrected chi connectivity index (χ2v) is 7.32. The average Bonchev–Trinajstić information content (AvgIpc) is 3.20. The molecule has 2 saturated heterocycles. The van der Waals surface area contributed by atoms with E-state index in [0.29, 0.717) is 32.1 Å². The van der Waals surface area contributed by atoms with Crippen molar-refractivity contribution in [3.63, 3.8) is 0 Å². The van der Waals surface area contributed by atoms with Crippen molar-refractivity contribution in [1.82, 2.24) is 15.1 Å². The highest BCUT2D eigenvalue weighted by Crippen LogP contribution is 2.18. The molecule has 0 unspecified atom stereocenters. The molecule has 0 aromatic heterocycles. The van der Waals surface area contributed by atoms with Gasteiger partial charge < -0.3 is 15.1 Å². The molecule has 2 amide bonds. The standard InChI is InChI=1S/C20H24F2N6O2/c21-14-6-7-16(15(22)11-14)25-20(24-13-23)26-17-5-1-2-10-28(19(17)30)12-18(29)27-8-3-4-9-27/h6-7,11,17H,1-5,8-10,12H2,(H2,24,25,26)/t17-/m0/s1. The molecule has 1 aromatic carbocycles. The van der Waals surface area contributed by atoms with Crippen molar-refractivity contribution in [3.05, 3.63) is 29.8 Å². The maximum atomic E-state index is 13.9. The van der Waals surface area contributed by atoms with Gasteiger partial charge in [-0.05, 0) is 44.2 Å². The number of likely N-dealkylation sites (tertiary alicyclic amines) is 2. The molecular weight excluding hydrogens is 394 g/mol. The van der Waals surface area contributed by atoms with Crippen molar-refractivity contribution in [3.8, 4) is 6.19 Å². The highest BCUT2D eigenvalue weighted by Gasteiger charge is 2.30. The van der Waals surface area contributed by atoms with E-state index >= 15 is 0 Å². The number of nitrogens with one attached hydrogen (secondary N) is 2. The highest BCUT2D eigenvalue weighted by atomic mass is 19.1. The van der Waals surface area contributed by atoms with Crippen LogP contribution in [0.5, 0.6) is 0 Å². The molecule has 3 rings (SSSR count). The van der Waals surface area contributed by atoms with Gasteiger partial charge in [0.1, 0.15) is 17.7 Å². The van der Waals surface area contributed by atoms with Gasteiger partial charge in [-0.25, -0.2) is 13.8 Å². The second kappa shape index (κ2) is 10.0. The first-order valence-electron chi connectivity index (χ1n) is 9.99. The number of guanidine groups is 1. The summed E-state index contributed by atoms with van der Waals surface area (Å²) in [5.74, 6) is -2.09. The molecule has 8 nitrogen and oxygen atoms in total. The SMILES string of the molecule is N#CNC(=N[C@H]1CCCCN(CC(=O)N2CCCC2)C1=O)Nc1ccc(F)cc1F. The van der Waals surface area contributed by atoms with Gasteiger partial charge in [0.05, 0.1) is 12.2 Å². The number of amides is 2. The Bertz CT molecular complexity index is 863. The molecule has 0 bridgehead atoms. The summed E-state index contributed by atoms with van der Waals surface area (Å²) < 4.78 is 27.1. The van der Waals surface area contributed by atoms with Crippen LogP contribution in [0.2, 0.25) is 0 Å². The van der Waals surface area contributed by atoms with Gasteiger partial charge in [0, 0.05) is 25.7 Å². The van der Waals surface area contributed by atoms with Gasteiger partial charge in [0.15, 0.2) is 6.19 Å². The molecule has 2 N–H and O–H groups in total. The van der Waals surface area contributed by atoms with Gasteiger partial charge in [-0.2, -0.15) is 5.26 Å². The fourth-order valence-electron chi connectivity index (χ4n) is 3.61. The monoisotopic (exact) mass is 418 g/mol. The Morgan fingerprint density at radius 1 is 1.20 bits per heavy atom. The largest absolute Gasteiger partial charge is 0.341 e. The van der Waals surface area contributed by atoms with E-state index in [1.807, 2.05) is 0 Å². The summed E-state index contributed by atoms with van der Waals surface area (Å²) in [5, 5.41) is 13.9. The summed E-state index contributed by atoms with van der Waals surface area (Å²) in [6.07, 6.45) is 5.55. The lowest BCUT2D eigenvalue weighted by atomic mass is 10.1. The molecule has 0 aliphatic carbocycles. The first-order chi connectivity index (χ1) is 14.5. The van der Waals surface area contributed by atoms with Crippen LogP contribution in [-0.2, 0) is 9.59 Å². The van der Waals surface area contributed by atoms with Crippen LogP contribution in [-0.4, -0.2) is 59.8 Å². The molecule has 2 heterocycles. The third-order valence-electron chi connectivity index (χ3n) is 5.18. The number of nitrogens with zero attached hydrogens (tertiary/aromatic N) is 4. The molecule has 2 fully saturated rings. The molecule has 2 aliphatic heterocycles. The van der Waals surface area contributed by atoms with Gasteiger partial charge in [0.2, 0.25) is 17.8 Å². The zero-order valence-electron chi connectivity index (χ0n) is 16.5. The maximum absolute atomic E-state index is 13.9. The number of aliphatic imine (C=N–C) groups is 1. The Kier molecular flexibility index (Phi) is 7.17. The number of halogens is 2. The van der Waals surface area contributed by atoms with Gasteiger partial charge in [-0.3, -0.25) is 14.9 Å². The number of hydrogen-bond acceptors (Lipinski definition) is 4. The molecule has 1 atom stereocenters. The Morgan fingerprint density at radius 2 is 1.93 bits per heavy atom. The van der Waals surface area contributed by atoms with E-state index in [1.165, 1.54) is 11.0 Å². The smallest absolute Gasteiger partial charge is 0.247 e. The molecule has 0 spiro atoms. The van der Waals surface area contributed by atoms with Crippen molar-refractivity contribution in [2.45, 2.75) is 38.1 Å². The lowest BCUT2D eigenvalue weighted by Gasteiger charge is -2.25. The van der Waals surface area contributed by atoms with Crippen LogP contribution in [0.4, 0.5) is 14.5 Å². The first kappa shape index (κ1) is 21.5. The molecule has 0 radical (unpaired) electrons. The third-order valence-corrected chi connectivity index (χ3v) is 5.18. The van der Waals surface area contributed by atoms with E-state index in [2.05, 4.69) is 15.6 Å². The summed E-state index contributed by atoms with van der Waals surface area (Å²) in [7, 11) is 0. The Labute approximate surface area is 173 Å². The predicted octanol–water partition coefficient (Wildman–Crippen LogP) is 1.81. The summed E-state index contributed by atoms with van der Waals surface area (Å²) in [5.41, 5.74) is -0.0833. The van der Waals surface area contributed by atoms with Crippen molar-refractivity contribution >= 4 is 23.5 Å². The molecular formula is C20H24F2N6O2. The lowest BCUT2D eigenvalue weighted by molar-refractivity contribution is -0.140. The van der Waals surface area contributed by atoms with Crippen LogP contribution in [0.1, 0.15) is 32.1 Å². The topological polar surface area (TPSA) is 101 Å². The van der Waals surface area contributed by atoms with Crippen LogP contribution in [0.3, 0.4) is 0 Å². The van der Waals surface area contributed by atoms with Crippen molar-refractivity contribution in [2.24, 2.45) is 4.99 Å². The minimum absolute atomic E-state index is 0.00584. The highest BCUT2D eigenvalue weighted by molar-refractivity contribution is 5.97. The molecule has 2 aliphatic rings. The van der Waals surface area contributed by atoms with Crippen LogP contribution in [0, 0.1) is 23.1 Å². The van der Waals surface area contributed by atoms with Crippen LogP contribution < -0.4 is 10.6 Å². The van der Waals surface area contributed by atoms with Crippen molar-refractivity contribution < 1.29 is 18.4 Å². The van der Waals surface area contributed by atoms with Gasteiger partial charge in [-0.15, -0.1) is 0 Å². The molecule has 30 heavy (non-hydrogen) atoms. The summed E-state index contributed by atoms with van der Waals surface area (Å²) in [4.78, 5) is 33.0. The Balaban J connectivity index is 1.74. The maximum Gasteiger partial charge on any atom is 0.247 e. The van der Waals surface area contributed by atoms with Gasteiger partial charge in [0.25, 0.3) is 0 Å². The van der Waals surface area contributed by atoms with Crippen LogP contribution in [0.15, 0.2) is 23.2 Å². The Hall–Kier alpha value is -3.22. The number of carbonyl (C=O) groups excluding carboxylic acids is 2. The molecule has 1 aromatic rings. The zero-order valence-corrected chi connectivity index (χ0v) is 16.5. The quantitative estimate of drug-likeness (QED) is 0.336. The van der Waals surface area contributed by atoms with Gasteiger partial charge in [-0.1, -0.05) is 0 Å². The van der Waals surface area contributed by atoms with E-state index in [4.69, 9.17) is 5.26 Å². The lowest BCUT2D eigenvalue weighted by Crippen LogP contribution is -2.45. The van der Waals surface area contributed by atoms with Crippen LogP contribution >= 0.6 is 0 Å². The van der Waals surface area contributed by atoms with E-state index < -0.39 is 17.7 Å². The summed E-state index contributed by atoms with van der Waals surface area (Å²) in [6.45, 7) is 1.90. The van der Waals surface area contributed by atoms with E-state index in [-0.39, 0.29) is 30.0 Å². The van der Waals surface area contributed by atoms with Crippen molar-refractivity contribution in [1.29, 1.82) is 5.26 Å². The van der Waals surface area contributed by atoms with E-state index in [1.54, 1.807) is 11.1 Å². The number of anilines is 1. The number of benzene rings is 1. The fourth-order valence-corrected chi connectivity index (χ4v) is 3.61. The fraction of sp³-hybridized carbons (Fsp3) is 0.500. The average molecular weight is 418 g/mol. The van der Waals surface area contributed by atoms with Gasteiger partial charge >= 0.3 is 0 Å². The Morgan fingerprint density at radius 3 is 2.63 bits per heavy atom. The minimum atomic E-state index is -0.854. The third kappa shape index (κ3) is 5.43. The predicted molar refractivity (Wildman–Crippen MR) is 106 cm³/mol. The van der Waals surface area contributed by atoms with E-state index in [0.717, 1.165) is 31.7 Å². The second-order valence-electron chi connectivity index (χ2n) is 7.32. The molecule has 10 heteroatoms. The van der Waals surface area contributed by atoms with Crippen LogP contribution in [0.25, 0.3) is 0 Å². The van der Waals surface area contributed by atoms with E-state index in [9.17, 15) is 18.4 Å².